The van der Waals surface area contributed by atoms with Crippen LogP contribution in [0.25, 0.3) is 0 Å². The zero-order valence-corrected chi connectivity index (χ0v) is 27.8. The molecular formula is C31H44ClN3O6S2. The summed E-state index contributed by atoms with van der Waals surface area (Å²) in [7, 11) is -4.50. The summed E-state index contributed by atoms with van der Waals surface area (Å²) in [6.07, 6.45) is 9.53. The van der Waals surface area contributed by atoms with E-state index in [2.05, 4.69) is 35.6 Å². The number of aliphatic hydroxyl groups excluding tert-OH is 1. The molecule has 0 saturated heterocycles. The Bertz CT molecular complexity index is 1400. The first-order valence-electron chi connectivity index (χ1n) is 14.6. The van der Waals surface area contributed by atoms with Crippen molar-refractivity contribution < 1.29 is 27.3 Å². The highest BCUT2D eigenvalue weighted by Gasteiger charge is 2.28. The van der Waals surface area contributed by atoms with Crippen molar-refractivity contribution in [3.63, 3.8) is 0 Å². The van der Waals surface area contributed by atoms with Crippen LogP contribution in [0.2, 0.25) is 5.02 Å². The van der Waals surface area contributed by atoms with Crippen molar-refractivity contribution in [1.29, 1.82) is 0 Å². The fourth-order valence-electron chi connectivity index (χ4n) is 5.43. The van der Waals surface area contributed by atoms with Crippen molar-refractivity contribution in [2.24, 2.45) is 5.92 Å². The molecule has 2 bridgehead atoms. The molecule has 2 heterocycles. The van der Waals surface area contributed by atoms with E-state index >= 15 is 0 Å². The predicted octanol–water partition coefficient (Wildman–Crippen LogP) is 4.66. The van der Waals surface area contributed by atoms with Crippen molar-refractivity contribution in [3.8, 4) is 5.75 Å². The van der Waals surface area contributed by atoms with Gasteiger partial charge in [0, 0.05) is 37.7 Å². The summed E-state index contributed by atoms with van der Waals surface area (Å²) < 4.78 is 47.7. The molecule has 0 aliphatic carbocycles. The SMILES string of the molecule is CCCc1cc(Cl)ccc1C1COc2ccc3cc2N(CCC(CC)C/C=C/CN(S(C)(=O)=O)CC(=O)NS3=O)C1.CO. The summed E-state index contributed by atoms with van der Waals surface area (Å²) in [5.41, 5.74) is 3.31. The zero-order chi connectivity index (χ0) is 31.6. The zero-order valence-electron chi connectivity index (χ0n) is 25.4. The Morgan fingerprint density at radius 3 is 2.60 bits per heavy atom. The third kappa shape index (κ3) is 9.78. The number of ether oxygens (including phenoxy) is 1. The Morgan fingerprint density at radius 1 is 1.14 bits per heavy atom. The molecule has 0 fully saturated rings. The molecule has 0 radical (unpaired) electrons. The Balaban J connectivity index is 0.00000248. The summed E-state index contributed by atoms with van der Waals surface area (Å²) in [4.78, 5) is 15.5. The lowest BCUT2D eigenvalue weighted by atomic mass is 9.91. The number of nitrogens with one attached hydrogen (secondary N) is 1. The smallest absolute Gasteiger partial charge is 0.247 e. The fourth-order valence-corrected chi connectivity index (χ4v) is 7.13. The molecule has 2 aromatic rings. The van der Waals surface area contributed by atoms with E-state index in [0.717, 1.165) is 73.6 Å². The van der Waals surface area contributed by atoms with Crippen molar-refractivity contribution >= 4 is 44.2 Å². The maximum absolute atomic E-state index is 13.2. The number of hydrogen-bond donors (Lipinski definition) is 2. The van der Waals surface area contributed by atoms with Crippen LogP contribution in [-0.2, 0) is 32.2 Å². The van der Waals surface area contributed by atoms with Crippen molar-refractivity contribution in [2.75, 3.05) is 51.1 Å². The first-order valence-corrected chi connectivity index (χ1v) is 18.0. The number of anilines is 1. The lowest BCUT2D eigenvalue weighted by Gasteiger charge is -2.29. The van der Waals surface area contributed by atoms with Crippen molar-refractivity contribution in [3.05, 3.63) is 64.7 Å². The second-order valence-electron chi connectivity index (χ2n) is 10.8. The minimum absolute atomic E-state index is 0.0838. The second-order valence-corrected chi connectivity index (χ2v) is 14.4. The number of rotatable bonds is 5. The number of benzene rings is 2. The van der Waals surface area contributed by atoms with Crippen LogP contribution in [0, 0.1) is 5.92 Å². The molecule has 238 valence electrons. The van der Waals surface area contributed by atoms with Gasteiger partial charge in [0.05, 0.1) is 30.0 Å². The molecule has 9 nitrogen and oxygen atoms in total. The number of allylic oxidation sites excluding steroid dienone is 1. The third-order valence-electron chi connectivity index (χ3n) is 7.76. The highest BCUT2D eigenvalue weighted by atomic mass is 35.5. The number of aryl methyl sites for hydroxylation is 1. The maximum Gasteiger partial charge on any atom is 0.247 e. The Kier molecular flexibility index (Phi) is 13.5. The summed E-state index contributed by atoms with van der Waals surface area (Å²) in [6, 6.07) is 11.4. The number of carbonyl (C=O) groups is 1. The van der Waals surface area contributed by atoms with E-state index in [1.54, 1.807) is 12.1 Å². The lowest BCUT2D eigenvalue weighted by molar-refractivity contribution is -0.119. The summed E-state index contributed by atoms with van der Waals surface area (Å²) >= 11 is 6.36. The van der Waals surface area contributed by atoms with Gasteiger partial charge in [0.25, 0.3) is 0 Å². The average Bonchev–Trinajstić information content (AvgIpc) is 3.15. The van der Waals surface area contributed by atoms with Crippen LogP contribution in [0.1, 0.15) is 56.6 Å². The summed E-state index contributed by atoms with van der Waals surface area (Å²) in [5.74, 6) is 0.587. The van der Waals surface area contributed by atoms with Crippen LogP contribution in [0.3, 0.4) is 0 Å². The predicted molar refractivity (Wildman–Crippen MR) is 174 cm³/mol. The van der Waals surface area contributed by atoms with Gasteiger partial charge in [-0.05, 0) is 66.6 Å². The van der Waals surface area contributed by atoms with E-state index in [-0.39, 0.29) is 12.5 Å². The van der Waals surface area contributed by atoms with Crippen molar-refractivity contribution in [1.82, 2.24) is 9.03 Å². The minimum atomic E-state index is -3.63. The van der Waals surface area contributed by atoms with Crippen LogP contribution < -0.4 is 14.4 Å². The van der Waals surface area contributed by atoms with Gasteiger partial charge in [0.1, 0.15) is 5.75 Å². The molecule has 0 aromatic heterocycles. The van der Waals surface area contributed by atoms with Gasteiger partial charge < -0.3 is 14.7 Å². The highest BCUT2D eigenvalue weighted by molar-refractivity contribution is 7.88. The van der Waals surface area contributed by atoms with Crippen molar-refractivity contribution in [2.45, 2.75) is 56.8 Å². The van der Waals surface area contributed by atoms with Crippen LogP contribution >= 0.6 is 11.6 Å². The maximum atomic E-state index is 13.2. The number of aliphatic hydroxyl groups is 1. The van der Waals surface area contributed by atoms with Gasteiger partial charge in [0.2, 0.25) is 15.9 Å². The van der Waals surface area contributed by atoms with Crippen LogP contribution in [0.4, 0.5) is 5.69 Å². The van der Waals surface area contributed by atoms with E-state index in [1.165, 1.54) is 11.1 Å². The molecule has 1 amide bonds. The number of amides is 1. The number of hydrogen-bond acceptors (Lipinski definition) is 7. The molecule has 4 rings (SSSR count). The standard InChI is InChI=1S/C30H40ClN3O5S2.CH4O/c1-4-8-23-17-25(31)10-12-27(23)24-19-33-16-14-22(5-2)9-6-7-15-34(41(3,37)38)20-30(35)32-40(36)26-11-13-29(39-21-24)28(33)18-26;1-2/h6-7,10-13,17-18,22,24H,4-5,8-9,14-16,19-21H2,1-3H3,(H,32,35);2H,1H3/b7-6+;. The Hall–Kier alpha value is -2.44. The van der Waals surface area contributed by atoms with E-state index in [9.17, 15) is 17.4 Å². The molecule has 0 saturated carbocycles. The molecule has 2 N–H and O–H groups in total. The third-order valence-corrected chi connectivity index (χ3v) is 10.3. The van der Waals surface area contributed by atoms with Gasteiger partial charge in [-0.3, -0.25) is 9.52 Å². The first kappa shape index (κ1) is 35.0. The van der Waals surface area contributed by atoms with Crippen LogP contribution in [0.15, 0.2) is 53.4 Å². The molecular weight excluding hydrogens is 610 g/mol. The average molecular weight is 654 g/mol. The quantitative estimate of drug-likeness (QED) is 0.451. The molecule has 2 aliphatic heterocycles. The number of halogens is 1. The van der Waals surface area contributed by atoms with Gasteiger partial charge >= 0.3 is 0 Å². The van der Waals surface area contributed by atoms with Crippen LogP contribution in [0.5, 0.6) is 5.75 Å². The topological polar surface area (TPSA) is 116 Å². The molecule has 0 spiro atoms. The van der Waals surface area contributed by atoms with E-state index in [0.29, 0.717) is 23.2 Å². The fraction of sp³-hybridized carbons (Fsp3) is 0.516. The van der Waals surface area contributed by atoms with Crippen LogP contribution in [-0.4, -0.2) is 74.1 Å². The normalized spacial score (nSPS) is 22.8. The van der Waals surface area contributed by atoms with E-state index in [4.69, 9.17) is 21.4 Å². The molecule has 3 atom stereocenters. The number of carbonyl (C=O) groups excluding carboxylic acids is 1. The number of nitrogens with zero attached hydrogens (tertiary/aromatic N) is 2. The molecule has 3 unspecified atom stereocenters. The minimum Gasteiger partial charge on any atom is -0.491 e. The molecule has 12 heteroatoms. The monoisotopic (exact) mass is 653 g/mol. The van der Waals surface area contributed by atoms with Gasteiger partial charge in [0.15, 0.2) is 11.0 Å². The second kappa shape index (κ2) is 16.6. The molecule has 43 heavy (non-hydrogen) atoms. The molecule has 2 aliphatic rings. The largest absolute Gasteiger partial charge is 0.491 e. The van der Waals surface area contributed by atoms with Gasteiger partial charge in [-0.2, -0.15) is 4.31 Å². The number of fused-ring (bicyclic) bond motifs is 1. The van der Waals surface area contributed by atoms with E-state index in [1.807, 2.05) is 24.3 Å². The Morgan fingerprint density at radius 2 is 1.91 bits per heavy atom. The highest BCUT2D eigenvalue weighted by Crippen LogP contribution is 2.38. The van der Waals surface area contributed by atoms with Gasteiger partial charge in [-0.25, -0.2) is 12.6 Å². The first-order chi connectivity index (χ1) is 20.6. The summed E-state index contributed by atoms with van der Waals surface area (Å²) in [5, 5.41) is 7.73. The summed E-state index contributed by atoms with van der Waals surface area (Å²) in [6.45, 7) is 6.00. The molecule has 2 aromatic carbocycles. The van der Waals surface area contributed by atoms with E-state index < -0.39 is 33.5 Å². The Labute approximate surface area is 263 Å². The van der Waals surface area contributed by atoms with Gasteiger partial charge in [-0.1, -0.05) is 56.5 Å². The lowest BCUT2D eigenvalue weighted by Crippen LogP contribution is -2.40. The van der Waals surface area contributed by atoms with Gasteiger partial charge in [-0.15, -0.1) is 0 Å². The number of sulfonamides is 1.